The van der Waals surface area contributed by atoms with Crippen LogP contribution in [-0.4, -0.2) is 30.5 Å². The first-order valence-electron chi connectivity index (χ1n) is 8.03. The fourth-order valence-electron chi connectivity index (χ4n) is 2.31. The molecule has 3 aromatic rings. The number of carbonyl (C=O) groups excluding carboxylic acids is 2. The summed E-state index contributed by atoms with van der Waals surface area (Å²) >= 11 is 7.67. The predicted octanol–water partition coefficient (Wildman–Crippen LogP) is 2.86. The molecule has 1 aromatic carbocycles. The lowest BCUT2D eigenvalue weighted by Gasteiger charge is -2.13. The Morgan fingerprint density at radius 2 is 2.21 bits per heavy atom. The molecule has 0 aliphatic heterocycles. The van der Waals surface area contributed by atoms with E-state index in [1.54, 1.807) is 0 Å². The van der Waals surface area contributed by atoms with Gasteiger partial charge in [-0.1, -0.05) is 17.7 Å². The quantitative estimate of drug-likeness (QED) is 0.577. The van der Waals surface area contributed by atoms with E-state index in [1.165, 1.54) is 36.8 Å². The van der Waals surface area contributed by atoms with Crippen LogP contribution in [0.2, 0.25) is 5.02 Å². The van der Waals surface area contributed by atoms with Crippen molar-refractivity contribution in [3.63, 3.8) is 0 Å². The lowest BCUT2D eigenvalue weighted by Crippen LogP contribution is -2.23. The van der Waals surface area contributed by atoms with Crippen molar-refractivity contribution in [2.45, 2.75) is 6.54 Å². The maximum Gasteiger partial charge on any atom is 0.255 e. The average Bonchev–Trinajstić information content (AvgIpc) is 3.35. The second-order valence-corrected chi connectivity index (χ2v) is 6.90. The summed E-state index contributed by atoms with van der Waals surface area (Å²) in [6.45, 7) is -0.187. The Bertz CT molecular complexity index is 987. The summed E-state index contributed by atoms with van der Waals surface area (Å²) in [5.74, 6) is -0.200. The number of carbonyl (C=O) groups is 2. The van der Waals surface area contributed by atoms with E-state index in [2.05, 4.69) is 10.3 Å². The van der Waals surface area contributed by atoms with Crippen molar-refractivity contribution in [1.82, 2.24) is 10.3 Å². The zero-order chi connectivity index (χ0) is 20.1. The molecule has 146 valence electrons. The molecule has 0 aliphatic rings. The Balaban J connectivity index is 1.68. The molecule has 0 bridgehead atoms. The highest BCUT2D eigenvalue weighted by molar-refractivity contribution is 7.13. The number of aromatic nitrogens is 1. The Morgan fingerprint density at radius 3 is 2.89 bits per heavy atom. The van der Waals surface area contributed by atoms with Gasteiger partial charge < -0.3 is 24.9 Å². The minimum atomic E-state index is -0.658. The number of ether oxygens (including phenoxy) is 2. The number of oxazole rings is 1. The van der Waals surface area contributed by atoms with Crippen molar-refractivity contribution >= 4 is 34.8 Å². The number of rotatable bonds is 8. The van der Waals surface area contributed by atoms with Crippen LogP contribution in [0.15, 0.2) is 40.3 Å². The normalized spacial score (nSPS) is 10.5. The highest BCUT2D eigenvalue weighted by Gasteiger charge is 2.17. The SMILES string of the molecule is COc1cc(C(=O)NCc2coc(-c3cccs3)n2)cc(Cl)c1OCC(N)=O. The van der Waals surface area contributed by atoms with Crippen molar-refractivity contribution in [1.29, 1.82) is 0 Å². The standard InChI is InChI=1S/C18H16ClN3O5S/c1-25-13-6-10(5-12(19)16(13)26-9-15(20)23)17(24)21-7-11-8-27-18(22-11)14-3-2-4-28-14/h2-6,8H,7,9H2,1H3,(H2,20,23)(H,21,24). The maximum absolute atomic E-state index is 12.5. The number of hydrogen-bond acceptors (Lipinski definition) is 7. The monoisotopic (exact) mass is 421 g/mol. The fourth-order valence-corrected chi connectivity index (χ4v) is 3.23. The van der Waals surface area contributed by atoms with E-state index in [-0.39, 0.29) is 41.1 Å². The number of nitrogens with zero attached hydrogens (tertiary/aromatic N) is 1. The first-order valence-corrected chi connectivity index (χ1v) is 9.28. The molecule has 0 saturated heterocycles. The van der Waals surface area contributed by atoms with Gasteiger partial charge in [0.15, 0.2) is 18.1 Å². The van der Waals surface area contributed by atoms with E-state index in [0.29, 0.717) is 11.6 Å². The van der Waals surface area contributed by atoms with Gasteiger partial charge in [-0.3, -0.25) is 9.59 Å². The number of amides is 2. The molecule has 3 N–H and O–H groups in total. The lowest BCUT2D eigenvalue weighted by atomic mass is 10.2. The first kappa shape index (κ1) is 19.7. The van der Waals surface area contributed by atoms with Crippen LogP contribution in [0.1, 0.15) is 16.1 Å². The molecule has 0 spiro atoms. The summed E-state index contributed by atoms with van der Waals surface area (Å²) in [6.07, 6.45) is 1.49. The van der Waals surface area contributed by atoms with Crippen LogP contribution in [0.5, 0.6) is 11.5 Å². The summed E-state index contributed by atoms with van der Waals surface area (Å²) in [6, 6.07) is 6.67. The molecule has 0 aliphatic carbocycles. The molecule has 0 unspecified atom stereocenters. The van der Waals surface area contributed by atoms with E-state index in [4.69, 9.17) is 31.2 Å². The smallest absolute Gasteiger partial charge is 0.255 e. The molecule has 2 amide bonds. The predicted molar refractivity (Wildman–Crippen MR) is 104 cm³/mol. The number of nitrogens with one attached hydrogen (secondary N) is 1. The minimum Gasteiger partial charge on any atom is -0.493 e. The average molecular weight is 422 g/mol. The van der Waals surface area contributed by atoms with Gasteiger partial charge >= 0.3 is 0 Å². The van der Waals surface area contributed by atoms with Crippen molar-refractivity contribution < 1.29 is 23.5 Å². The van der Waals surface area contributed by atoms with E-state index in [1.807, 2.05) is 17.5 Å². The van der Waals surface area contributed by atoms with E-state index in [9.17, 15) is 9.59 Å². The molecular formula is C18H16ClN3O5S. The molecule has 2 heterocycles. The number of methoxy groups -OCH3 is 1. The van der Waals surface area contributed by atoms with E-state index < -0.39 is 5.91 Å². The van der Waals surface area contributed by atoms with Gasteiger partial charge in [-0.25, -0.2) is 4.98 Å². The van der Waals surface area contributed by atoms with Gasteiger partial charge in [0, 0.05) is 5.56 Å². The van der Waals surface area contributed by atoms with Crippen LogP contribution < -0.4 is 20.5 Å². The molecule has 0 saturated carbocycles. The molecule has 28 heavy (non-hydrogen) atoms. The topological polar surface area (TPSA) is 117 Å². The Labute approximate surface area is 169 Å². The summed E-state index contributed by atoms with van der Waals surface area (Å²) in [7, 11) is 1.39. The van der Waals surface area contributed by atoms with Gasteiger partial charge in [-0.05, 0) is 23.6 Å². The van der Waals surface area contributed by atoms with Gasteiger partial charge in [0.25, 0.3) is 11.8 Å². The molecule has 0 atom stereocenters. The number of nitrogens with two attached hydrogens (primary N) is 1. The van der Waals surface area contributed by atoms with Gasteiger partial charge in [-0.15, -0.1) is 11.3 Å². The largest absolute Gasteiger partial charge is 0.493 e. The van der Waals surface area contributed by atoms with E-state index in [0.717, 1.165) is 4.88 Å². The molecule has 0 fully saturated rings. The number of benzene rings is 1. The van der Waals surface area contributed by atoms with Crippen LogP contribution in [0.4, 0.5) is 0 Å². The van der Waals surface area contributed by atoms with Gasteiger partial charge in [0.1, 0.15) is 6.26 Å². The van der Waals surface area contributed by atoms with Crippen molar-refractivity contribution in [2.24, 2.45) is 5.73 Å². The van der Waals surface area contributed by atoms with Crippen LogP contribution in [0.3, 0.4) is 0 Å². The summed E-state index contributed by atoms with van der Waals surface area (Å²) in [4.78, 5) is 28.6. The Morgan fingerprint density at radius 1 is 1.39 bits per heavy atom. The lowest BCUT2D eigenvalue weighted by molar-refractivity contribution is -0.119. The van der Waals surface area contributed by atoms with Crippen molar-refractivity contribution in [2.75, 3.05) is 13.7 Å². The number of halogens is 1. The highest BCUT2D eigenvalue weighted by Crippen LogP contribution is 2.36. The second kappa shape index (κ2) is 8.77. The highest BCUT2D eigenvalue weighted by atomic mass is 35.5. The van der Waals surface area contributed by atoms with E-state index >= 15 is 0 Å². The Hall–Kier alpha value is -3.04. The van der Waals surface area contributed by atoms with Gasteiger partial charge in [0.05, 0.1) is 29.2 Å². The molecule has 2 aromatic heterocycles. The zero-order valence-corrected chi connectivity index (χ0v) is 16.3. The second-order valence-electron chi connectivity index (χ2n) is 5.55. The number of thiophene rings is 1. The summed E-state index contributed by atoms with van der Waals surface area (Å²) < 4.78 is 15.8. The molecule has 10 heteroatoms. The zero-order valence-electron chi connectivity index (χ0n) is 14.7. The summed E-state index contributed by atoms with van der Waals surface area (Å²) in [5.41, 5.74) is 5.90. The number of primary amides is 1. The number of hydrogen-bond donors (Lipinski definition) is 2. The van der Waals surface area contributed by atoms with Crippen LogP contribution >= 0.6 is 22.9 Å². The Kier molecular flexibility index (Phi) is 6.17. The van der Waals surface area contributed by atoms with Crippen LogP contribution in [0.25, 0.3) is 10.8 Å². The van der Waals surface area contributed by atoms with Crippen molar-refractivity contribution in [3.8, 4) is 22.3 Å². The van der Waals surface area contributed by atoms with Crippen LogP contribution in [0, 0.1) is 0 Å². The third-order valence-corrected chi connectivity index (χ3v) is 4.70. The first-order chi connectivity index (χ1) is 13.5. The fraction of sp³-hybridized carbons (Fsp3) is 0.167. The third-order valence-electron chi connectivity index (χ3n) is 3.56. The molecule has 3 rings (SSSR count). The molecule has 8 nitrogen and oxygen atoms in total. The maximum atomic E-state index is 12.5. The van der Waals surface area contributed by atoms with Crippen LogP contribution in [-0.2, 0) is 11.3 Å². The van der Waals surface area contributed by atoms with Gasteiger partial charge in [-0.2, -0.15) is 0 Å². The van der Waals surface area contributed by atoms with Gasteiger partial charge in [0.2, 0.25) is 5.89 Å². The molecular weight excluding hydrogens is 406 g/mol. The minimum absolute atomic E-state index is 0.118. The molecule has 0 radical (unpaired) electrons. The third kappa shape index (κ3) is 4.62. The summed E-state index contributed by atoms with van der Waals surface area (Å²) in [5, 5.41) is 4.78. The van der Waals surface area contributed by atoms with Crippen molar-refractivity contribution in [3.05, 3.63) is 52.2 Å².